The number of urea groups is 1. The van der Waals surface area contributed by atoms with Gasteiger partial charge in [-0.05, 0) is 18.8 Å². The Hall–Kier alpha value is -1.52. The van der Waals surface area contributed by atoms with Gasteiger partial charge in [-0.1, -0.05) is 45.7 Å². The van der Waals surface area contributed by atoms with E-state index in [9.17, 15) is 4.79 Å². The lowest BCUT2D eigenvalue weighted by Gasteiger charge is -2.29. The second kappa shape index (κ2) is 5.85. The van der Waals surface area contributed by atoms with Crippen LogP contribution in [0.15, 0.2) is 10.6 Å². The molecule has 1 aliphatic rings. The minimum absolute atomic E-state index is 0.110. The Kier molecular flexibility index (Phi) is 4.35. The fraction of sp³-hybridized carbons (Fsp3) is 0.733. The molecule has 1 aromatic heterocycles. The number of hydrogen-bond donors (Lipinski definition) is 2. The standard InChI is InChI=1S/C15H25N3O2/c1-10-7-5-6-8-11(10)16-14(19)17-13-9-12(20-18-13)15(2,3)4/h9-11H,5-8H2,1-4H3,(H2,16,17,18,19). The highest BCUT2D eigenvalue weighted by Gasteiger charge is 2.24. The SMILES string of the molecule is CC1CCCCC1NC(=O)Nc1cc(C(C)(C)C)on1. The fourth-order valence-corrected chi connectivity index (χ4v) is 2.54. The summed E-state index contributed by atoms with van der Waals surface area (Å²) in [6.07, 6.45) is 4.69. The van der Waals surface area contributed by atoms with Gasteiger partial charge < -0.3 is 9.84 Å². The number of nitrogens with one attached hydrogen (secondary N) is 2. The highest BCUT2D eigenvalue weighted by molar-refractivity contribution is 5.88. The first-order valence-electron chi connectivity index (χ1n) is 7.41. The Morgan fingerprint density at radius 1 is 1.35 bits per heavy atom. The molecule has 1 fully saturated rings. The summed E-state index contributed by atoms with van der Waals surface area (Å²) in [6.45, 7) is 8.32. The van der Waals surface area contributed by atoms with Gasteiger partial charge in [0, 0.05) is 17.5 Å². The molecule has 1 aliphatic carbocycles. The minimum atomic E-state index is -0.197. The van der Waals surface area contributed by atoms with Crippen molar-refractivity contribution in [3.63, 3.8) is 0 Å². The van der Waals surface area contributed by atoms with E-state index in [4.69, 9.17) is 4.52 Å². The van der Waals surface area contributed by atoms with Gasteiger partial charge in [-0.15, -0.1) is 0 Å². The van der Waals surface area contributed by atoms with Gasteiger partial charge in [0.05, 0.1) is 0 Å². The van der Waals surface area contributed by atoms with Gasteiger partial charge in [0.1, 0.15) is 5.76 Å². The molecule has 20 heavy (non-hydrogen) atoms. The van der Waals surface area contributed by atoms with Crippen molar-refractivity contribution in [3.05, 3.63) is 11.8 Å². The van der Waals surface area contributed by atoms with Crippen molar-refractivity contribution >= 4 is 11.8 Å². The molecule has 0 bridgehead atoms. The topological polar surface area (TPSA) is 67.2 Å². The Balaban J connectivity index is 1.89. The lowest BCUT2D eigenvalue weighted by atomic mass is 9.86. The summed E-state index contributed by atoms with van der Waals surface area (Å²) < 4.78 is 5.25. The smallest absolute Gasteiger partial charge is 0.320 e. The summed E-state index contributed by atoms with van der Waals surface area (Å²) in [5, 5.41) is 9.67. The van der Waals surface area contributed by atoms with Crippen LogP contribution in [0, 0.1) is 5.92 Å². The molecular weight excluding hydrogens is 254 g/mol. The van der Waals surface area contributed by atoms with Crippen LogP contribution in [0.3, 0.4) is 0 Å². The van der Waals surface area contributed by atoms with Gasteiger partial charge in [-0.3, -0.25) is 5.32 Å². The Bertz CT molecular complexity index is 462. The molecular formula is C15H25N3O2. The minimum Gasteiger partial charge on any atom is -0.359 e. The van der Waals surface area contributed by atoms with Crippen LogP contribution in [0.4, 0.5) is 10.6 Å². The number of carbonyl (C=O) groups excluding carboxylic acids is 1. The van der Waals surface area contributed by atoms with Crippen molar-refractivity contribution in [1.29, 1.82) is 0 Å². The Morgan fingerprint density at radius 2 is 2.05 bits per heavy atom. The van der Waals surface area contributed by atoms with Crippen LogP contribution < -0.4 is 10.6 Å². The van der Waals surface area contributed by atoms with Crippen molar-refractivity contribution in [3.8, 4) is 0 Å². The molecule has 1 saturated carbocycles. The zero-order valence-electron chi connectivity index (χ0n) is 12.8. The summed E-state index contributed by atoms with van der Waals surface area (Å²) in [7, 11) is 0. The van der Waals surface area contributed by atoms with Crippen LogP contribution in [0.1, 0.15) is 59.1 Å². The van der Waals surface area contributed by atoms with Crippen molar-refractivity contribution in [2.24, 2.45) is 5.92 Å². The zero-order chi connectivity index (χ0) is 14.8. The summed E-state index contributed by atoms with van der Waals surface area (Å²) in [5.74, 6) is 1.77. The number of hydrogen-bond acceptors (Lipinski definition) is 3. The van der Waals surface area contributed by atoms with E-state index in [0.29, 0.717) is 11.7 Å². The van der Waals surface area contributed by atoms with Gasteiger partial charge >= 0.3 is 6.03 Å². The highest BCUT2D eigenvalue weighted by atomic mass is 16.5. The molecule has 1 heterocycles. The zero-order valence-corrected chi connectivity index (χ0v) is 12.8. The summed E-state index contributed by atoms with van der Waals surface area (Å²) in [5.41, 5.74) is -0.110. The van der Waals surface area contributed by atoms with E-state index in [2.05, 4.69) is 22.7 Å². The van der Waals surface area contributed by atoms with Crippen LogP contribution in [-0.2, 0) is 5.41 Å². The monoisotopic (exact) mass is 279 g/mol. The third-order valence-electron chi connectivity index (χ3n) is 3.92. The summed E-state index contributed by atoms with van der Waals surface area (Å²) in [6, 6.07) is 1.85. The van der Waals surface area contributed by atoms with E-state index in [1.807, 2.05) is 20.8 Å². The number of carbonyl (C=O) groups is 1. The molecule has 0 spiro atoms. The van der Waals surface area contributed by atoms with E-state index in [0.717, 1.165) is 12.2 Å². The van der Waals surface area contributed by atoms with Gasteiger partial charge in [0.25, 0.3) is 0 Å². The third-order valence-corrected chi connectivity index (χ3v) is 3.92. The third kappa shape index (κ3) is 3.74. The van der Waals surface area contributed by atoms with E-state index in [-0.39, 0.29) is 17.5 Å². The average molecular weight is 279 g/mol. The maximum Gasteiger partial charge on any atom is 0.320 e. The van der Waals surface area contributed by atoms with Gasteiger partial charge in [0.15, 0.2) is 5.82 Å². The van der Waals surface area contributed by atoms with E-state index >= 15 is 0 Å². The molecule has 2 atom stereocenters. The molecule has 2 amide bonds. The highest BCUT2D eigenvalue weighted by Crippen LogP contribution is 2.25. The predicted octanol–water partition coefficient (Wildman–Crippen LogP) is 3.67. The second-order valence-electron chi connectivity index (χ2n) is 6.79. The Morgan fingerprint density at radius 3 is 2.65 bits per heavy atom. The lowest BCUT2D eigenvalue weighted by Crippen LogP contribution is -2.43. The first kappa shape index (κ1) is 14.9. The molecule has 5 nitrogen and oxygen atoms in total. The van der Waals surface area contributed by atoms with Gasteiger partial charge in [-0.2, -0.15) is 0 Å². The maximum absolute atomic E-state index is 12.0. The Labute approximate surface area is 120 Å². The maximum atomic E-state index is 12.0. The van der Waals surface area contributed by atoms with Crippen molar-refractivity contribution in [2.45, 2.75) is 64.8 Å². The number of aromatic nitrogens is 1. The lowest BCUT2D eigenvalue weighted by molar-refractivity contribution is 0.232. The molecule has 2 rings (SSSR count). The van der Waals surface area contributed by atoms with Crippen molar-refractivity contribution < 1.29 is 9.32 Å². The van der Waals surface area contributed by atoms with Crippen LogP contribution >= 0.6 is 0 Å². The van der Waals surface area contributed by atoms with Gasteiger partial charge in [0.2, 0.25) is 0 Å². The molecule has 0 aliphatic heterocycles. The van der Waals surface area contributed by atoms with Crippen molar-refractivity contribution in [1.82, 2.24) is 10.5 Å². The molecule has 2 N–H and O–H groups in total. The summed E-state index contributed by atoms with van der Waals surface area (Å²) >= 11 is 0. The first-order chi connectivity index (χ1) is 9.36. The number of anilines is 1. The number of amides is 2. The first-order valence-corrected chi connectivity index (χ1v) is 7.41. The quantitative estimate of drug-likeness (QED) is 0.868. The molecule has 5 heteroatoms. The van der Waals surface area contributed by atoms with Crippen LogP contribution in [0.25, 0.3) is 0 Å². The van der Waals surface area contributed by atoms with Gasteiger partial charge in [-0.25, -0.2) is 4.79 Å². The van der Waals surface area contributed by atoms with Crippen LogP contribution in [0.5, 0.6) is 0 Å². The van der Waals surface area contributed by atoms with Crippen LogP contribution in [0.2, 0.25) is 0 Å². The van der Waals surface area contributed by atoms with Crippen molar-refractivity contribution in [2.75, 3.05) is 5.32 Å². The fourth-order valence-electron chi connectivity index (χ4n) is 2.54. The average Bonchev–Trinajstić information content (AvgIpc) is 2.80. The van der Waals surface area contributed by atoms with E-state index in [1.54, 1.807) is 6.07 Å². The molecule has 0 saturated heterocycles. The molecule has 1 aromatic rings. The number of rotatable bonds is 2. The normalized spacial score (nSPS) is 23.4. The largest absolute Gasteiger partial charge is 0.359 e. The molecule has 0 aromatic carbocycles. The van der Waals surface area contributed by atoms with E-state index < -0.39 is 0 Å². The van der Waals surface area contributed by atoms with E-state index in [1.165, 1.54) is 19.3 Å². The predicted molar refractivity (Wildman–Crippen MR) is 78.8 cm³/mol. The molecule has 2 unspecified atom stereocenters. The second-order valence-corrected chi connectivity index (χ2v) is 6.79. The van der Waals surface area contributed by atoms with Crippen LogP contribution in [-0.4, -0.2) is 17.2 Å². The summed E-state index contributed by atoms with van der Waals surface area (Å²) in [4.78, 5) is 12.0. The number of nitrogens with zero attached hydrogens (tertiary/aromatic N) is 1. The molecule has 0 radical (unpaired) electrons. The molecule has 112 valence electrons.